The third-order valence-corrected chi connectivity index (χ3v) is 5.62. The predicted octanol–water partition coefficient (Wildman–Crippen LogP) is 2.94. The number of hydrogen-bond acceptors (Lipinski definition) is 3. The Morgan fingerprint density at radius 3 is 2.92 bits per heavy atom. The molecule has 0 bridgehead atoms. The zero-order valence-corrected chi connectivity index (χ0v) is 14.8. The fourth-order valence-electron chi connectivity index (χ4n) is 3.95. The number of methoxy groups -OCH3 is 1. The Morgan fingerprint density at radius 2 is 2.17 bits per heavy atom. The van der Waals surface area contributed by atoms with Crippen molar-refractivity contribution in [2.75, 3.05) is 39.9 Å². The number of likely N-dealkylation sites (tertiary alicyclic amines) is 2. The van der Waals surface area contributed by atoms with Crippen molar-refractivity contribution < 1.29 is 13.9 Å². The van der Waals surface area contributed by atoms with Gasteiger partial charge in [-0.25, -0.2) is 4.39 Å². The van der Waals surface area contributed by atoms with Crippen LogP contribution in [0.5, 0.6) is 0 Å². The molecule has 0 saturated carbocycles. The maximum atomic E-state index is 14.0. The SMILES string of the molecule is COCCN1CCCC2(CCN(Cc3c(F)cccc3Cl)C2)C1=O. The largest absolute Gasteiger partial charge is 0.383 e. The molecule has 2 aliphatic rings. The molecule has 1 aromatic carbocycles. The third-order valence-electron chi connectivity index (χ3n) is 5.27. The van der Waals surface area contributed by atoms with Gasteiger partial charge in [-0.05, 0) is 37.9 Å². The van der Waals surface area contributed by atoms with E-state index in [0.29, 0.717) is 36.8 Å². The minimum absolute atomic E-state index is 0.230. The van der Waals surface area contributed by atoms with Gasteiger partial charge in [-0.3, -0.25) is 9.69 Å². The summed E-state index contributed by atoms with van der Waals surface area (Å²) < 4.78 is 19.1. The second kappa shape index (κ2) is 7.38. The van der Waals surface area contributed by atoms with Crippen molar-refractivity contribution in [2.24, 2.45) is 5.41 Å². The van der Waals surface area contributed by atoms with Crippen LogP contribution in [0.25, 0.3) is 0 Å². The second-order valence-corrected chi connectivity index (χ2v) is 7.24. The third kappa shape index (κ3) is 3.44. The molecular formula is C18H24ClFN2O2. The lowest BCUT2D eigenvalue weighted by molar-refractivity contribution is -0.146. The number of halogens is 2. The van der Waals surface area contributed by atoms with Crippen LogP contribution in [0.2, 0.25) is 5.02 Å². The zero-order valence-electron chi connectivity index (χ0n) is 14.1. The number of ether oxygens (including phenoxy) is 1. The molecule has 3 rings (SSSR count). The Bertz CT molecular complexity index is 592. The molecule has 6 heteroatoms. The molecule has 1 spiro atoms. The molecular weight excluding hydrogens is 331 g/mol. The molecule has 0 radical (unpaired) electrons. The molecule has 1 aromatic rings. The topological polar surface area (TPSA) is 32.8 Å². The Morgan fingerprint density at radius 1 is 1.33 bits per heavy atom. The van der Waals surface area contributed by atoms with E-state index in [9.17, 15) is 9.18 Å². The van der Waals surface area contributed by atoms with Gasteiger partial charge in [0.25, 0.3) is 0 Å². The number of rotatable bonds is 5. The summed E-state index contributed by atoms with van der Waals surface area (Å²) in [6.45, 7) is 3.96. The standard InChI is InChI=1S/C18H24ClFN2O2/c1-24-11-10-22-8-3-6-18(17(22)23)7-9-21(13-18)12-14-15(19)4-2-5-16(14)20/h2,4-5H,3,6-13H2,1H3. The van der Waals surface area contributed by atoms with Gasteiger partial charge in [0.05, 0.1) is 12.0 Å². The first-order valence-corrected chi connectivity index (χ1v) is 8.87. The first kappa shape index (κ1) is 17.6. The minimum Gasteiger partial charge on any atom is -0.383 e. The molecule has 24 heavy (non-hydrogen) atoms. The number of carbonyl (C=O) groups is 1. The van der Waals surface area contributed by atoms with Gasteiger partial charge in [-0.15, -0.1) is 0 Å². The molecule has 0 N–H and O–H groups in total. The van der Waals surface area contributed by atoms with Gasteiger partial charge in [0.1, 0.15) is 5.82 Å². The highest BCUT2D eigenvalue weighted by Gasteiger charge is 2.48. The average molecular weight is 355 g/mol. The van der Waals surface area contributed by atoms with Crippen molar-refractivity contribution in [1.29, 1.82) is 0 Å². The van der Waals surface area contributed by atoms with Crippen LogP contribution in [-0.2, 0) is 16.1 Å². The summed E-state index contributed by atoms with van der Waals surface area (Å²) >= 11 is 6.14. The molecule has 2 fully saturated rings. The molecule has 0 aromatic heterocycles. The van der Waals surface area contributed by atoms with E-state index in [1.54, 1.807) is 19.2 Å². The Kier molecular flexibility index (Phi) is 5.42. The minimum atomic E-state index is -0.316. The normalized spacial score (nSPS) is 25.0. The Labute approximate surface area is 147 Å². The number of nitrogens with zero attached hydrogens (tertiary/aromatic N) is 2. The van der Waals surface area contributed by atoms with Crippen molar-refractivity contribution in [3.05, 3.63) is 34.6 Å². The summed E-state index contributed by atoms with van der Waals surface area (Å²) in [5, 5.41) is 0.452. The van der Waals surface area contributed by atoms with Crippen molar-refractivity contribution in [2.45, 2.75) is 25.8 Å². The van der Waals surface area contributed by atoms with E-state index in [2.05, 4.69) is 4.90 Å². The Balaban J connectivity index is 1.68. The van der Waals surface area contributed by atoms with Crippen LogP contribution in [0, 0.1) is 11.2 Å². The lowest BCUT2D eigenvalue weighted by Gasteiger charge is -2.39. The summed E-state index contributed by atoms with van der Waals surface area (Å²) in [7, 11) is 1.65. The molecule has 2 aliphatic heterocycles. The molecule has 1 amide bonds. The van der Waals surface area contributed by atoms with Gasteiger partial charge < -0.3 is 9.64 Å². The fourth-order valence-corrected chi connectivity index (χ4v) is 4.17. The predicted molar refractivity (Wildman–Crippen MR) is 91.4 cm³/mol. The van der Waals surface area contributed by atoms with Gasteiger partial charge in [-0.1, -0.05) is 17.7 Å². The van der Waals surface area contributed by atoms with E-state index < -0.39 is 0 Å². The summed E-state index contributed by atoms with van der Waals surface area (Å²) in [4.78, 5) is 17.0. The summed E-state index contributed by atoms with van der Waals surface area (Å²) in [6.07, 6.45) is 2.77. The van der Waals surface area contributed by atoms with E-state index >= 15 is 0 Å². The van der Waals surface area contributed by atoms with Gasteiger partial charge in [0.15, 0.2) is 0 Å². The molecule has 0 aliphatic carbocycles. The summed E-state index contributed by atoms with van der Waals surface area (Å²) in [5.74, 6) is -0.0481. The molecule has 2 saturated heterocycles. The maximum Gasteiger partial charge on any atom is 0.230 e. The second-order valence-electron chi connectivity index (χ2n) is 6.83. The van der Waals surface area contributed by atoms with E-state index in [4.69, 9.17) is 16.3 Å². The molecule has 2 heterocycles. The highest BCUT2D eigenvalue weighted by atomic mass is 35.5. The van der Waals surface area contributed by atoms with Crippen molar-refractivity contribution in [1.82, 2.24) is 9.80 Å². The van der Waals surface area contributed by atoms with Crippen molar-refractivity contribution in [3.63, 3.8) is 0 Å². The smallest absolute Gasteiger partial charge is 0.230 e. The van der Waals surface area contributed by atoms with Crippen LogP contribution in [0.15, 0.2) is 18.2 Å². The zero-order chi connectivity index (χ0) is 17.2. The number of benzene rings is 1. The highest BCUT2D eigenvalue weighted by molar-refractivity contribution is 6.31. The van der Waals surface area contributed by atoms with Crippen molar-refractivity contribution in [3.8, 4) is 0 Å². The van der Waals surface area contributed by atoms with Crippen LogP contribution in [-0.4, -0.2) is 55.6 Å². The van der Waals surface area contributed by atoms with Crippen LogP contribution in [0.1, 0.15) is 24.8 Å². The van der Waals surface area contributed by atoms with Gasteiger partial charge >= 0.3 is 0 Å². The van der Waals surface area contributed by atoms with Crippen LogP contribution in [0.3, 0.4) is 0 Å². The summed E-state index contributed by atoms with van der Waals surface area (Å²) in [5.41, 5.74) is 0.208. The van der Waals surface area contributed by atoms with E-state index in [0.717, 1.165) is 32.4 Å². The fraction of sp³-hybridized carbons (Fsp3) is 0.611. The van der Waals surface area contributed by atoms with Gasteiger partial charge in [-0.2, -0.15) is 0 Å². The lowest BCUT2D eigenvalue weighted by atomic mass is 9.78. The first-order valence-electron chi connectivity index (χ1n) is 8.49. The molecule has 1 atom stereocenters. The van der Waals surface area contributed by atoms with Gasteiger partial charge in [0.2, 0.25) is 5.91 Å². The molecule has 1 unspecified atom stereocenters. The first-order chi connectivity index (χ1) is 11.6. The lowest BCUT2D eigenvalue weighted by Crippen LogP contribution is -2.50. The monoisotopic (exact) mass is 354 g/mol. The van der Waals surface area contributed by atoms with Crippen LogP contribution < -0.4 is 0 Å². The summed E-state index contributed by atoms with van der Waals surface area (Å²) in [6, 6.07) is 4.76. The number of piperidine rings is 1. The number of amides is 1. The quantitative estimate of drug-likeness (QED) is 0.815. The highest BCUT2D eigenvalue weighted by Crippen LogP contribution is 2.40. The van der Waals surface area contributed by atoms with E-state index in [-0.39, 0.29) is 17.1 Å². The van der Waals surface area contributed by atoms with Gasteiger partial charge in [0, 0.05) is 43.9 Å². The molecule has 132 valence electrons. The van der Waals surface area contributed by atoms with Crippen molar-refractivity contribution >= 4 is 17.5 Å². The average Bonchev–Trinajstić information content (AvgIpc) is 2.97. The molecule has 4 nitrogen and oxygen atoms in total. The maximum absolute atomic E-state index is 14.0. The Hall–Kier alpha value is -1.17. The van der Waals surface area contributed by atoms with E-state index in [1.165, 1.54) is 6.07 Å². The number of hydrogen-bond donors (Lipinski definition) is 0. The number of carbonyl (C=O) groups excluding carboxylic acids is 1. The van der Waals surface area contributed by atoms with E-state index in [1.807, 2.05) is 4.90 Å². The van der Waals surface area contributed by atoms with Crippen LogP contribution in [0.4, 0.5) is 4.39 Å². The van der Waals surface area contributed by atoms with Crippen LogP contribution >= 0.6 is 11.6 Å².